The molecule has 1 saturated heterocycles. The van der Waals surface area contributed by atoms with Gasteiger partial charge in [0.1, 0.15) is 6.10 Å². The zero-order valence-electron chi connectivity index (χ0n) is 10.7. The molecule has 98 valence electrons. The molecule has 0 spiro atoms. The van der Waals surface area contributed by atoms with Gasteiger partial charge in [0, 0.05) is 13.1 Å². The molecule has 1 heterocycles. The first-order chi connectivity index (χ1) is 8.69. The molecule has 0 saturated carbocycles. The van der Waals surface area contributed by atoms with E-state index in [0.29, 0.717) is 13.1 Å². The van der Waals surface area contributed by atoms with Gasteiger partial charge in [-0.25, -0.2) is 0 Å². The molecule has 1 aliphatic rings. The third-order valence-electron chi connectivity index (χ3n) is 3.25. The van der Waals surface area contributed by atoms with Crippen molar-refractivity contribution in [2.75, 3.05) is 0 Å². The van der Waals surface area contributed by atoms with Crippen LogP contribution in [0.1, 0.15) is 30.9 Å². The topological polar surface area (TPSA) is 64.4 Å². The van der Waals surface area contributed by atoms with E-state index in [-0.39, 0.29) is 18.1 Å². The lowest BCUT2D eigenvalue weighted by Crippen LogP contribution is -2.34. The number of carbonyl (C=O) groups is 1. The number of hydrogen-bond donors (Lipinski definition) is 2. The first kappa shape index (κ1) is 13.1. The van der Waals surface area contributed by atoms with Gasteiger partial charge >= 0.3 is 0 Å². The first-order valence-electron chi connectivity index (χ1n) is 6.40. The number of rotatable bonds is 4. The lowest BCUT2D eigenvalue weighted by molar-refractivity contribution is -0.131. The molecule has 0 bridgehead atoms. The Bertz CT molecular complexity index is 403. The molecule has 1 aromatic rings. The highest BCUT2D eigenvalue weighted by atomic mass is 16.5. The van der Waals surface area contributed by atoms with E-state index < -0.39 is 0 Å². The van der Waals surface area contributed by atoms with Gasteiger partial charge < -0.3 is 15.8 Å². The molecule has 3 N–H and O–H groups in total. The predicted octanol–water partition coefficient (Wildman–Crippen LogP) is 1.33. The highest BCUT2D eigenvalue weighted by molar-refractivity contribution is 5.80. The van der Waals surface area contributed by atoms with Gasteiger partial charge in [-0.2, -0.15) is 0 Å². The summed E-state index contributed by atoms with van der Waals surface area (Å²) >= 11 is 0. The maximum absolute atomic E-state index is 11.8. The summed E-state index contributed by atoms with van der Waals surface area (Å²) in [6, 6.07) is 7.94. The highest BCUT2D eigenvalue weighted by Gasteiger charge is 2.27. The Labute approximate surface area is 108 Å². The molecule has 0 aromatic heterocycles. The van der Waals surface area contributed by atoms with E-state index in [2.05, 4.69) is 5.32 Å². The fraction of sp³-hybridized carbons (Fsp3) is 0.500. The van der Waals surface area contributed by atoms with Crippen molar-refractivity contribution in [3.8, 4) is 0 Å². The van der Waals surface area contributed by atoms with Gasteiger partial charge in [0.2, 0.25) is 5.91 Å². The van der Waals surface area contributed by atoms with E-state index in [1.807, 2.05) is 31.2 Å². The molecular formula is C14H20N2O2. The van der Waals surface area contributed by atoms with Crippen LogP contribution in [0.25, 0.3) is 0 Å². The van der Waals surface area contributed by atoms with Gasteiger partial charge in [-0.3, -0.25) is 4.79 Å². The zero-order valence-corrected chi connectivity index (χ0v) is 10.7. The number of nitrogens with one attached hydrogen (secondary N) is 1. The summed E-state index contributed by atoms with van der Waals surface area (Å²) in [5.41, 5.74) is 7.70. The smallest absolute Gasteiger partial charge is 0.249 e. The number of amides is 1. The Balaban J connectivity index is 1.81. The lowest BCUT2D eigenvalue weighted by Gasteiger charge is -2.11. The SMILES string of the molecule is CC1CCC(C(=O)NCc2ccc(CN)cc2)O1. The van der Waals surface area contributed by atoms with Crippen LogP contribution in [0.3, 0.4) is 0 Å². The summed E-state index contributed by atoms with van der Waals surface area (Å²) in [4.78, 5) is 11.8. The molecule has 1 amide bonds. The van der Waals surface area contributed by atoms with Crippen molar-refractivity contribution in [2.45, 2.75) is 45.1 Å². The Morgan fingerprint density at radius 2 is 2.00 bits per heavy atom. The summed E-state index contributed by atoms with van der Waals surface area (Å²) < 4.78 is 5.52. The zero-order chi connectivity index (χ0) is 13.0. The molecular weight excluding hydrogens is 228 g/mol. The van der Waals surface area contributed by atoms with Gasteiger partial charge in [0.15, 0.2) is 0 Å². The van der Waals surface area contributed by atoms with Crippen LogP contribution in [0.4, 0.5) is 0 Å². The van der Waals surface area contributed by atoms with Crippen LogP contribution < -0.4 is 11.1 Å². The molecule has 1 aromatic carbocycles. The summed E-state index contributed by atoms with van der Waals surface area (Å²) in [5.74, 6) is -0.0118. The largest absolute Gasteiger partial charge is 0.365 e. The Morgan fingerprint density at radius 3 is 2.56 bits per heavy atom. The highest BCUT2D eigenvalue weighted by Crippen LogP contribution is 2.19. The first-order valence-corrected chi connectivity index (χ1v) is 6.40. The summed E-state index contributed by atoms with van der Waals surface area (Å²) in [7, 11) is 0. The van der Waals surface area contributed by atoms with E-state index in [1.165, 1.54) is 0 Å². The summed E-state index contributed by atoms with van der Waals surface area (Å²) in [6.45, 7) is 3.08. The third kappa shape index (κ3) is 3.31. The van der Waals surface area contributed by atoms with Crippen molar-refractivity contribution >= 4 is 5.91 Å². The fourth-order valence-corrected chi connectivity index (χ4v) is 2.09. The van der Waals surface area contributed by atoms with Crippen molar-refractivity contribution in [3.05, 3.63) is 35.4 Å². The quantitative estimate of drug-likeness (QED) is 0.845. The third-order valence-corrected chi connectivity index (χ3v) is 3.25. The molecule has 1 aliphatic heterocycles. The van der Waals surface area contributed by atoms with Crippen LogP contribution in [0, 0.1) is 0 Å². The average molecular weight is 248 g/mol. The van der Waals surface area contributed by atoms with Gasteiger partial charge in [-0.1, -0.05) is 24.3 Å². The van der Waals surface area contributed by atoms with Crippen LogP contribution in [0.2, 0.25) is 0 Å². The van der Waals surface area contributed by atoms with Crippen LogP contribution in [-0.4, -0.2) is 18.1 Å². The number of carbonyl (C=O) groups excluding carboxylic acids is 1. The maximum Gasteiger partial charge on any atom is 0.249 e. The van der Waals surface area contributed by atoms with E-state index in [1.54, 1.807) is 0 Å². The molecule has 2 atom stereocenters. The van der Waals surface area contributed by atoms with Crippen molar-refractivity contribution in [1.29, 1.82) is 0 Å². The molecule has 1 fully saturated rings. The van der Waals surface area contributed by atoms with Crippen molar-refractivity contribution in [3.63, 3.8) is 0 Å². The standard InChI is InChI=1S/C14H20N2O2/c1-10-2-7-13(18-10)14(17)16-9-12-5-3-11(8-15)4-6-12/h3-6,10,13H,2,7-9,15H2,1H3,(H,16,17). The monoisotopic (exact) mass is 248 g/mol. The van der Waals surface area contributed by atoms with Gasteiger partial charge in [0.05, 0.1) is 6.10 Å². The minimum Gasteiger partial charge on any atom is -0.365 e. The van der Waals surface area contributed by atoms with E-state index in [9.17, 15) is 4.79 Å². The number of benzene rings is 1. The van der Waals surface area contributed by atoms with Crippen LogP contribution >= 0.6 is 0 Å². The van der Waals surface area contributed by atoms with Gasteiger partial charge in [0.25, 0.3) is 0 Å². The minimum atomic E-state index is -0.275. The predicted molar refractivity (Wildman–Crippen MR) is 69.7 cm³/mol. The van der Waals surface area contributed by atoms with Crippen LogP contribution in [-0.2, 0) is 22.6 Å². The van der Waals surface area contributed by atoms with E-state index in [4.69, 9.17) is 10.5 Å². The average Bonchev–Trinajstić information content (AvgIpc) is 2.83. The number of ether oxygens (including phenoxy) is 1. The number of nitrogens with two attached hydrogens (primary N) is 1. The number of hydrogen-bond acceptors (Lipinski definition) is 3. The summed E-state index contributed by atoms with van der Waals surface area (Å²) in [5, 5.41) is 2.90. The van der Waals surface area contributed by atoms with E-state index in [0.717, 1.165) is 24.0 Å². The molecule has 18 heavy (non-hydrogen) atoms. The second kappa shape index (κ2) is 5.98. The molecule has 2 rings (SSSR count). The van der Waals surface area contributed by atoms with Crippen LogP contribution in [0.5, 0.6) is 0 Å². The molecule has 2 unspecified atom stereocenters. The van der Waals surface area contributed by atoms with Crippen molar-refractivity contribution < 1.29 is 9.53 Å². The fourth-order valence-electron chi connectivity index (χ4n) is 2.09. The van der Waals surface area contributed by atoms with Crippen molar-refractivity contribution in [1.82, 2.24) is 5.32 Å². The lowest BCUT2D eigenvalue weighted by atomic mass is 10.1. The Hall–Kier alpha value is -1.39. The molecule has 0 radical (unpaired) electrons. The minimum absolute atomic E-state index is 0.0118. The second-order valence-corrected chi connectivity index (χ2v) is 4.75. The molecule has 0 aliphatic carbocycles. The Kier molecular flexibility index (Phi) is 4.33. The second-order valence-electron chi connectivity index (χ2n) is 4.75. The summed E-state index contributed by atoms with van der Waals surface area (Å²) in [6.07, 6.45) is 1.70. The molecule has 4 heteroatoms. The van der Waals surface area contributed by atoms with Crippen LogP contribution in [0.15, 0.2) is 24.3 Å². The maximum atomic E-state index is 11.8. The molecule has 4 nitrogen and oxygen atoms in total. The van der Waals surface area contributed by atoms with Gasteiger partial charge in [-0.15, -0.1) is 0 Å². The Morgan fingerprint density at radius 1 is 1.33 bits per heavy atom. The van der Waals surface area contributed by atoms with Crippen molar-refractivity contribution in [2.24, 2.45) is 5.73 Å². The van der Waals surface area contributed by atoms with Gasteiger partial charge in [-0.05, 0) is 30.9 Å². The normalized spacial score (nSPS) is 23.0. The van der Waals surface area contributed by atoms with E-state index >= 15 is 0 Å².